The van der Waals surface area contributed by atoms with Crippen LogP contribution in [0.1, 0.15) is 213 Å². The quantitative estimate of drug-likeness (QED) is 0.0243. The first kappa shape index (κ1) is 54.2. The van der Waals surface area contributed by atoms with Crippen molar-refractivity contribution in [3.63, 3.8) is 0 Å². The summed E-state index contributed by atoms with van der Waals surface area (Å²) in [5.74, 6) is -0.280. The minimum Gasteiger partial charge on any atom is -0.756 e. The highest BCUT2D eigenvalue weighted by atomic mass is 31.2. The topological polar surface area (TPSA) is 128 Å². The number of aliphatic hydroxyl groups is 2. The Morgan fingerprint density at radius 3 is 1.47 bits per heavy atom. The lowest BCUT2D eigenvalue weighted by molar-refractivity contribution is -0.870. The van der Waals surface area contributed by atoms with Crippen LogP contribution in [0.3, 0.4) is 0 Å². The molecule has 0 rings (SSSR count). The molecule has 55 heavy (non-hydrogen) atoms. The van der Waals surface area contributed by atoms with E-state index < -0.39 is 32.7 Å². The number of unbranched alkanes of at least 4 members (excludes halogenated alkanes) is 26. The van der Waals surface area contributed by atoms with Crippen molar-refractivity contribution in [3.8, 4) is 0 Å². The number of phosphoric acid groups is 1. The molecule has 0 heterocycles. The van der Waals surface area contributed by atoms with E-state index in [1.54, 1.807) is 0 Å². The third-order valence-electron chi connectivity index (χ3n) is 10.6. The second kappa shape index (κ2) is 37.5. The molecule has 0 saturated carbocycles. The van der Waals surface area contributed by atoms with E-state index in [2.05, 4.69) is 31.3 Å². The molecule has 4 atom stereocenters. The Morgan fingerprint density at radius 1 is 0.636 bits per heavy atom. The van der Waals surface area contributed by atoms with E-state index in [0.717, 1.165) is 44.9 Å². The number of aliphatic hydroxyl groups excluding tert-OH is 2. The lowest BCUT2D eigenvalue weighted by atomic mass is 9.99. The highest BCUT2D eigenvalue weighted by Gasteiger charge is 2.29. The van der Waals surface area contributed by atoms with Crippen molar-refractivity contribution in [2.75, 3.05) is 40.9 Å². The van der Waals surface area contributed by atoms with Crippen LogP contribution in [0, 0.1) is 0 Å². The molecule has 9 nitrogen and oxygen atoms in total. The molecular formula is C45H91N2O7P. The summed E-state index contributed by atoms with van der Waals surface area (Å²) in [6.07, 6.45) is 38.1. The standard InChI is InChI=1S/C45H91N2O7P/c1-6-8-10-12-14-16-18-20-21-22-23-24-25-26-28-30-32-34-36-38-44(49)46-42(41-54-55(51,52)53-40-39-47(3,4)5)45(50)43(48)37-35-33-31-29-27-19-17-15-13-11-9-7-2/h20-21,42-43,45,48,50H,6-19,22-41H2,1-5H3,(H-,46,49,51,52)/b21-20-. The zero-order chi connectivity index (χ0) is 40.9. The highest BCUT2D eigenvalue weighted by molar-refractivity contribution is 7.45. The van der Waals surface area contributed by atoms with Gasteiger partial charge in [0, 0.05) is 6.42 Å². The van der Waals surface area contributed by atoms with Crippen LogP contribution in [0.5, 0.6) is 0 Å². The van der Waals surface area contributed by atoms with E-state index in [0.29, 0.717) is 17.4 Å². The second-order valence-electron chi connectivity index (χ2n) is 17.2. The first-order chi connectivity index (χ1) is 26.4. The summed E-state index contributed by atoms with van der Waals surface area (Å²) in [4.78, 5) is 25.4. The fourth-order valence-electron chi connectivity index (χ4n) is 6.84. The average Bonchev–Trinajstić information content (AvgIpc) is 3.13. The molecule has 0 saturated heterocycles. The van der Waals surface area contributed by atoms with Crippen LogP contribution in [0.2, 0.25) is 0 Å². The van der Waals surface area contributed by atoms with Gasteiger partial charge < -0.3 is 34.0 Å². The van der Waals surface area contributed by atoms with Crippen LogP contribution in [0.4, 0.5) is 0 Å². The van der Waals surface area contributed by atoms with E-state index in [9.17, 15) is 24.5 Å². The van der Waals surface area contributed by atoms with E-state index in [-0.39, 0.29) is 18.9 Å². The highest BCUT2D eigenvalue weighted by Crippen LogP contribution is 2.38. The summed E-state index contributed by atoms with van der Waals surface area (Å²) in [5, 5.41) is 24.6. The molecule has 3 N–H and O–H groups in total. The summed E-state index contributed by atoms with van der Waals surface area (Å²) >= 11 is 0. The fraction of sp³-hybridized carbons (Fsp3) is 0.933. The Balaban J connectivity index is 4.42. The van der Waals surface area contributed by atoms with Gasteiger partial charge in [0.1, 0.15) is 19.3 Å². The maximum absolute atomic E-state index is 12.9. The van der Waals surface area contributed by atoms with Crippen LogP contribution in [0.25, 0.3) is 0 Å². The molecule has 0 fully saturated rings. The lowest BCUT2D eigenvalue weighted by Gasteiger charge is -2.31. The van der Waals surface area contributed by atoms with Crippen LogP contribution < -0.4 is 10.2 Å². The predicted molar refractivity (Wildman–Crippen MR) is 230 cm³/mol. The molecule has 0 aromatic carbocycles. The van der Waals surface area contributed by atoms with Crippen LogP contribution in [0.15, 0.2) is 12.2 Å². The smallest absolute Gasteiger partial charge is 0.268 e. The van der Waals surface area contributed by atoms with Crippen molar-refractivity contribution < 1.29 is 38.0 Å². The molecule has 4 unspecified atom stereocenters. The van der Waals surface area contributed by atoms with Gasteiger partial charge in [0.15, 0.2) is 0 Å². The van der Waals surface area contributed by atoms with Crippen molar-refractivity contribution in [1.29, 1.82) is 0 Å². The number of carbonyl (C=O) groups excluding carboxylic acids is 1. The van der Waals surface area contributed by atoms with Crippen LogP contribution in [-0.4, -0.2) is 79.8 Å². The number of hydrogen-bond acceptors (Lipinski definition) is 7. The number of nitrogens with zero attached hydrogens (tertiary/aromatic N) is 1. The van der Waals surface area contributed by atoms with Gasteiger partial charge in [-0.3, -0.25) is 9.36 Å². The van der Waals surface area contributed by atoms with Gasteiger partial charge in [-0.25, -0.2) is 0 Å². The second-order valence-corrected chi connectivity index (χ2v) is 18.7. The SMILES string of the molecule is CCCCCCCC/C=C\CCCCCCCCCCCC(=O)NC(COP(=O)([O-])OCC[N+](C)(C)C)C(O)C(O)CCCCCCCCCCCCCC. The molecular weight excluding hydrogens is 711 g/mol. The molecule has 10 heteroatoms. The van der Waals surface area contributed by atoms with Crippen molar-refractivity contribution in [1.82, 2.24) is 5.32 Å². The van der Waals surface area contributed by atoms with Gasteiger partial charge in [-0.1, -0.05) is 180 Å². The molecule has 0 radical (unpaired) electrons. The molecule has 0 aromatic rings. The molecule has 0 aliphatic heterocycles. The summed E-state index contributed by atoms with van der Waals surface area (Å²) < 4.78 is 23.1. The Bertz CT molecular complexity index is 929. The van der Waals surface area contributed by atoms with Gasteiger partial charge in [-0.05, 0) is 38.5 Å². The van der Waals surface area contributed by atoms with Gasteiger partial charge in [-0.2, -0.15) is 0 Å². The number of amides is 1. The Hall–Kier alpha value is -0.800. The van der Waals surface area contributed by atoms with E-state index >= 15 is 0 Å². The third-order valence-corrected chi connectivity index (χ3v) is 11.6. The number of phosphoric ester groups is 1. The fourth-order valence-corrected chi connectivity index (χ4v) is 7.56. The first-order valence-corrected chi connectivity index (χ1v) is 24.6. The Labute approximate surface area is 340 Å². The van der Waals surface area contributed by atoms with E-state index in [1.807, 2.05) is 21.1 Å². The maximum Gasteiger partial charge on any atom is 0.268 e. The first-order valence-electron chi connectivity index (χ1n) is 23.1. The molecule has 0 aliphatic carbocycles. The minimum absolute atomic E-state index is 0.0392. The number of nitrogens with one attached hydrogen (secondary N) is 1. The number of allylic oxidation sites excluding steroid dienone is 2. The number of quaternary nitrogens is 1. The molecule has 0 aromatic heterocycles. The predicted octanol–water partition coefficient (Wildman–Crippen LogP) is 11.1. The minimum atomic E-state index is -4.66. The summed E-state index contributed by atoms with van der Waals surface area (Å²) in [7, 11) is 1.13. The van der Waals surface area contributed by atoms with Gasteiger partial charge in [0.05, 0.1) is 39.9 Å². The van der Waals surface area contributed by atoms with Crippen molar-refractivity contribution in [3.05, 3.63) is 12.2 Å². The van der Waals surface area contributed by atoms with Gasteiger partial charge in [0.25, 0.3) is 7.82 Å². The molecule has 0 spiro atoms. The van der Waals surface area contributed by atoms with Crippen molar-refractivity contribution in [2.45, 2.75) is 231 Å². The summed E-state index contributed by atoms with van der Waals surface area (Å²) in [6.45, 7) is 4.44. The van der Waals surface area contributed by atoms with Crippen LogP contribution in [-0.2, 0) is 18.4 Å². The molecule has 328 valence electrons. The van der Waals surface area contributed by atoms with E-state index in [1.165, 1.54) is 141 Å². The Morgan fingerprint density at radius 2 is 1.04 bits per heavy atom. The zero-order valence-electron chi connectivity index (χ0n) is 36.8. The average molecular weight is 803 g/mol. The Kier molecular flexibility index (Phi) is 36.9. The van der Waals surface area contributed by atoms with Crippen molar-refractivity contribution >= 4 is 13.7 Å². The van der Waals surface area contributed by atoms with Gasteiger partial charge in [0.2, 0.25) is 5.91 Å². The number of carbonyl (C=O) groups is 1. The lowest BCUT2D eigenvalue weighted by Crippen LogP contribution is -2.51. The largest absolute Gasteiger partial charge is 0.756 e. The molecule has 1 amide bonds. The summed E-state index contributed by atoms with van der Waals surface area (Å²) in [5.41, 5.74) is 0. The van der Waals surface area contributed by atoms with Gasteiger partial charge in [-0.15, -0.1) is 0 Å². The maximum atomic E-state index is 12.9. The number of likely N-dealkylation sites (N-methyl/N-ethyl adjacent to an activating group) is 1. The normalized spacial score (nSPS) is 15.0. The summed E-state index contributed by atoms with van der Waals surface area (Å²) in [6, 6.07) is -1.07. The number of hydrogen-bond donors (Lipinski definition) is 3. The molecule has 0 bridgehead atoms. The van der Waals surface area contributed by atoms with Crippen molar-refractivity contribution in [2.24, 2.45) is 0 Å². The number of rotatable bonds is 42. The van der Waals surface area contributed by atoms with Crippen LogP contribution >= 0.6 is 7.82 Å². The monoisotopic (exact) mass is 803 g/mol. The molecule has 0 aliphatic rings. The van der Waals surface area contributed by atoms with Gasteiger partial charge >= 0.3 is 0 Å². The third kappa shape index (κ3) is 38.5. The zero-order valence-corrected chi connectivity index (χ0v) is 37.7. The van der Waals surface area contributed by atoms with E-state index in [4.69, 9.17) is 9.05 Å².